The van der Waals surface area contributed by atoms with Crippen molar-refractivity contribution < 1.29 is 14.3 Å². The van der Waals surface area contributed by atoms with Crippen LogP contribution in [-0.4, -0.2) is 21.3 Å². The molecule has 1 heterocycles. The van der Waals surface area contributed by atoms with Crippen molar-refractivity contribution in [2.24, 2.45) is 5.92 Å². The zero-order valence-corrected chi connectivity index (χ0v) is 11.7. The first-order valence-electron chi connectivity index (χ1n) is 6.66. The molecular weight excluding hydrogens is 256 g/mol. The molecule has 0 amide bonds. The van der Waals surface area contributed by atoms with E-state index < -0.39 is 5.97 Å². The molecule has 2 unspecified atom stereocenters. The van der Waals surface area contributed by atoms with Gasteiger partial charge >= 0.3 is 5.97 Å². The molecule has 1 N–H and O–H groups in total. The third-order valence-corrected chi connectivity index (χ3v) is 3.92. The topological polar surface area (TPSA) is 76.2 Å². The molecule has 0 saturated heterocycles. The number of hydrogen-bond donors (Lipinski definition) is 1. The highest BCUT2D eigenvalue weighted by Gasteiger charge is 2.39. The van der Waals surface area contributed by atoms with Crippen LogP contribution >= 0.6 is 0 Å². The first-order valence-corrected chi connectivity index (χ1v) is 6.66. The number of nitrogens with zero attached hydrogens (tertiary/aromatic N) is 2. The summed E-state index contributed by atoms with van der Waals surface area (Å²) in [5, 5.41) is 17.5. The minimum absolute atomic E-state index is 0.240. The number of aromatic carboxylic acids is 1. The molecule has 0 bridgehead atoms. The average molecular weight is 272 g/mol. The molecule has 1 aliphatic carbocycles. The van der Waals surface area contributed by atoms with Crippen LogP contribution in [0.3, 0.4) is 0 Å². The van der Waals surface area contributed by atoms with Gasteiger partial charge in [0.05, 0.1) is 11.1 Å². The van der Waals surface area contributed by atoms with Gasteiger partial charge in [0, 0.05) is 5.92 Å². The maximum Gasteiger partial charge on any atom is 0.336 e. The van der Waals surface area contributed by atoms with Crippen LogP contribution in [0.4, 0.5) is 0 Å². The monoisotopic (exact) mass is 272 g/mol. The second kappa shape index (κ2) is 4.44. The molecule has 3 rings (SSSR count). The molecule has 0 spiro atoms. The Morgan fingerprint density at radius 1 is 1.30 bits per heavy atom. The zero-order valence-electron chi connectivity index (χ0n) is 11.7. The summed E-state index contributed by atoms with van der Waals surface area (Å²) in [5.41, 5.74) is 2.29. The highest BCUT2D eigenvalue weighted by Crippen LogP contribution is 2.46. The first kappa shape index (κ1) is 12.8. The lowest BCUT2D eigenvalue weighted by Gasteiger charge is -2.08. The molecule has 0 aliphatic heterocycles. The number of carboxylic acid groups (broad SMARTS) is 1. The van der Waals surface area contributed by atoms with E-state index in [0.29, 0.717) is 34.7 Å². The van der Waals surface area contributed by atoms with Crippen LogP contribution in [0.5, 0.6) is 0 Å². The standard InChI is InChI=1S/C15H16N2O3/c1-7-4-5-8(2)12(15(18)19)11(7)14-17-16-13(20-14)10-6-9(10)3/h4-5,9-10H,6H2,1-3H3,(H,18,19). The highest BCUT2D eigenvalue weighted by molar-refractivity contribution is 5.97. The van der Waals surface area contributed by atoms with E-state index in [1.54, 1.807) is 13.0 Å². The van der Waals surface area contributed by atoms with Crippen molar-refractivity contribution >= 4 is 5.97 Å². The van der Waals surface area contributed by atoms with E-state index in [2.05, 4.69) is 17.1 Å². The summed E-state index contributed by atoms with van der Waals surface area (Å²) >= 11 is 0. The predicted octanol–water partition coefficient (Wildman–Crippen LogP) is 3.18. The second-order valence-electron chi connectivity index (χ2n) is 5.52. The van der Waals surface area contributed by atoms with Crippen molar-refractivity contribution in [3.63, 3.8) is 0 Å². The number of carbonyl (C=O) groups is 1. The normalized spacial score (nSPS) is 20.9. The van der Waals surface area contributed by atoms with E-state index in [4.69, 9.17) is 4.42 Å². The zero-order chi connectivity index (χ0) is 14.4. The molecule has 2 aromatic rings. The Hall–Kier alpha value is -2.17. The van der Waals surface area contributed by atoms with E-state index in [0.717, 1.165) is 12.0 Å². The Kier molecular flexibility index (Phi) is 2.85. The van der Waals surface area contributed by atoms with Gasteiger partial charge in [0.2, 0.25) is 11.8 Å². The summed E-state index contributed by atoms with van der Waals surface area (Å²) in [6.07, 6.45) is 1.06. The number of hydrogen-bond acceptors (Lipinski definition) is 4. The Labute approximate surface area is 116 Å². The molecule has 1 saturated carbocycles. The Morgan fingerprint density at radius 3 is 2.55 bits per heavy atom. The van der Waals surface area contributed by atoms with E-state index in [-0.39, 0.29) is 5.56 Å². The summed E-state index contributed by atoms with van der Waals surface area (Å²) in [4.78, 5) is 11.5. The van der Waals surface area contributed by atoms with Crippen LogP contribution in [0.2, 0.25) is 0 Å². The minimum Gasteiger partial charge on any atom is -0.478 e. The molecule has 5 heteroatoms. The number of benzene rings is 1. The van der Waals surface area contributed by atoms with Gasteiger partial charge in [0.25, 0.3) is 0 Å². The molecule has 20 heavy (non-hydrogen) atoms. The summed E-state index contributed by atoms with van der Waals surface area (Å²) in [6.45, 7) is 5.76. The van der Waals surface area contributed by atoms with Gasteiger partial charge in [-0.1, -0.05) is 19.1 Å². The first-order chi connectivity index (χ1) is 9.49. The molecule has 104 valence electrons. The summed E-state index contributed by atoms with van der Waals surface area (Å²) in [6, 6.07) is 3.67. The third-order valence-electron chi connectivity index (χ3n) is 3.92. The molecule has 1 fully saturated rings. The van der Waals surface area contributed by atoms with Crippen molar-refractivity contribution in [2.45, 2.75) is 33.1 Å². The van der Waals surface area contributed by atoms with Gasteiger partial charge in [0.1, 0.15) is 0 Å². The fourth-order valence-corrected chi connectivity index (χ4v) is 2.51. The van der Waals surface area contributed by atoms with Crippen LogP contribution in [-0.2, 0) is 0 Å². The fraction of sp³-hybridized carbons (Fsp3) is 0.400. The van der Waals surface area contributed by atoms with Gasteiger partial charge in [-0.2, -0.15) is 0 Å². The molecule has 1 aromatic carbocycles. The maximum absolute atomic E-state index is 11.5. The summed E-state index contributed by atoms with van der Waals surface area (Å²) in [5.74, 6) is 0.846. The van der Waals surface area contributed by atoms with Crippen LogP contribution in [0.1, 0.15) is 46.6 Å². The molecule has 5 nitrogen and oxygen atoms in total. The fourth-order valence-electron chi connectivity index (χ4n) is 2.51. The molecule has 1 aromatic heterocycles. The van der Waals surface area contributed by atoms with Gasteiger partial charge in [-0.15, -0.1) is 10.2 Å². The Bertz CT molecular complexity index is 690. The van der Waals surface area contributed by atoms with Gasteiger partial charge in [0.15, 0.2) is 0 Å². The van der Waals surface area contributed by atoms with Crippen molar-refractivity contribution in [1.29, 1.82) is 0 Å². The summed E-state index contributed by atoms with van der Waals surface area (Å²) in [7, 11) is 0. The second-order valence-corrected chi connectivity index (χ2v) is 5.52. The molecule has 0 radical (unpaired) electrons. The van der Waals surface area contributed by atoms with E-state index >= 15 is 0 Å². The number of carboxylic acids is 1. The Balaban J connectivity index is 2.11. The predicted molar refractivity (Wildman–Crippen MR) is 72.7 cm³/mol. The SMILES string of the molecule is Cc1ccc(C)c(-c2nnc(C3CC3C)o2)c1C(=O)O. The molecule has 1 aliphatic rings. The van der Waals surface area contributed by atoms with Crippen LogP contribution in [0.15, 0.2) is 16.5 Å². The van der Waals surface area contributed by atoms with Crippen LogP contribution in [0.25, 0.3) is 11.5 Å². The van der Waals surface area contributed by atoms with E-state index in [1.807, 2.05) is 13.0 Å². The van der Waals surface area contributed by atoms with Crippen molar-refractivity contribution in [2.75, 3.05) is 0 Å². The van der Waals surface area contributed by atoms with Crippen LogP contribution < -0.4 is 0 Å². The lowest BCUT2D eigenvalue weighted by Crippen LogP contribution is -2.04. The lowest BCUT2D eigenvalue weighted by molar-refractivity contribution is 0.0696. The van der Waals surface area contributed by atoms with Crippen molar-refractivity contribution in [3.05, 3.63) is 34.7 Å². The van der Waals surface area contributed by atoms with Gasteiger partial charge in [-0.25, -0.2) is 4.79 Å². The molecular formula is C15H16N2O3. The number of aromatic nitrogens is 2. The largest absolute Gasteiger partial charge is 0.478 e. The van der Waals surface area contributed by atoms with Gasteiger partial charge in [-0.05, 0) is 37.3 Å². The van der Waals surface area contributed by atoms with Gasteiger partial charge < -0.3 is 9.52 Å². The number of rotatable bonds is 3. The van der Waals surface area contributed by atoms with Crippen molar-refractivity contribution in [3.8, 4) is 11.5 Å². The lowest BCUT2D eigenvalue weighted by atomic mass is 9.97. The highest BCUT2D eigenvalue weighted by atomic mass is 16.4. The minimum atomic E-state index is -0.972. The van der Waals surface area contributed by atoms with Crippen molar-refractivity contribution in [1.82, 2.24) is 10.2 Å². The summed E-state index contributed by atoms with van der Waals surface area (Å²) < 4.78 is 5.71. The smallest absolute Gasteiger partial charge is 0.336 e. The van der Waals surface area contributed by atoms with E-state index in [1.165, 1.54) is 0 Å². The van der Waals surface area contributed by atoms with Crippen LogP contribution in [0, 0.1) is 19.8 Å². The third kappa shape index (κ3) is 1.99. The quantitative estimate of drug-likeness (QED) is 0.928. The average Bonchev–Trinajstić information content (AvgIpc) is 2.93. The number of aryl methyl sites for hydroxylation is 2. The molecule has 2 atom stereocenters. The Morgan fingerprint density at radius 2 is 1.95 bits per heavy atom. The maximum atomic E-state index is 11.5. The van der Waals surface area contributed by atoms with Gasteiger partial charge in [-0.3, -0.25) is 0 Å². The van der Waals surface area contributed by atoms with E-state index in [9.17, 15) is 9.90 Å².